The molecule has 8 heteroatoms. The second kappa shape index (κ2) is 14.2. The molecule has 0 aromatic heterocycles. The van der Waals surface area contributed by atoms with Crippen molar-refractivity contribution in [3.05, 3.63) is 42.5 Å². The molecular weight excluding hydrogens is 406 g/mol. The van der Waals surface area contributed by atoms with Gasteiger partial charge in [0.25, 0.3) is 0 Å². The van der Waals surface area contributed by atoms with Crippen molar-refractivity contribution in [3.63, 3.8) is 0 Å². The third-order valence-electron chi connectivity index (χ3n) is 4.63. The van der Waals surface area contributed by atoms with Crippen LogP contribution >= 0.6 is 11.8 Å². The van der Waals surface area contributed by atoms with Gasteiger partial charge in [-0.1, -0.05) is 31.2 Å². The first kappa shape index (κ1) is 26.2. The molecule has 30 heavy (non-hydrogen) atoms. The zero-order valence-corrected chi connectivity index (χ0v) is 18.8. The Balaban J connectivity index is 0.000000804. The number of thioether (sulfide) groups is 1. The van der Waals surface area contributed by atoms with Crippen LogP contribution in [0.3, 0.4) is 0 Å². The second-order valence-corrected chi connectivity index (χ2v) is 7.65. The topological polar surface area (TPSA) is 94.1 Å². The molecule has 2 rings (SSSR count). The first-order valence-corrected chi connectivity index (χ1v) is 11.0. The molecule has 0 saturated carbocycles. The minimum atomic E-state index is -1.49. The van der Waals surface area contributed by atoms with Crippen molar-refractivity contribution in [2.75, 3.05) is 26.5 Å². The van der Waals surface area contributed by atoms with Gasteiger partial charge in [-0.2, -0.15) is 0 Å². The van der Waals surface area contributed by atoms with E-state index in [9.17, 15) is 14.7 Å². The van der Waals surface area contributed by atoms with Crippen LogP contribution in [0.5, 0.6) is 5.75 Å². The fourth-order valence-corrected chi connectivity index (χ4v) is 3.62. The van der Waals surface area contributed by atoms with Gasteiger partial charge in [-0.05, 0) is 37.7 Å². The largest absolute Gasteiger partial charge is 0.497 e. The number of unbranched alkanes of at least 4 members (excludes halogenated alkanes) is 1. The van der Waals surface area contributed by atoms with Gasteiger partial charge in [-0.15, -0.1) is 6.58 Å². The lowest BCUT2D eigenvalue weighted by atomic mass is 9.96. The first-order chi connectivity index (χ1) is 14.4. The van der Waals surface area contributed by atoms with Crippen molar-refractivity contribution in [1.82, 2.24) is 5.32 Å². The minimum absolute atomic E-state index is 0.139. The molecule has 0 aliphatic carbocycles. The van der Waals surface area contributed by atoms with E-state index in [1.807, 2.05) is 6.08 Å². The van der Waals surface area contributed by atoms with Crippen LogP contribution in [-0.4, -0.2) is 61.1 Å². The molecule has 2 unspecified atom stereocenters. The third kappa shape index (κ3) is 8.47. The first-order valence-electron chi connectivity index (χ1n) is 9.98. The number of carbonyl (C=O) groups excluding carboxylic acids is 2. The molecule has 3 atom stereocenters. The predicted molar refractivity (Wildman–Crippen MR) is 119 cm³/mol. The zero-order valence-electron chi connectivity index (χ0n) is 18.0. The number of nitrogens with one attached hydrogen (secondary N) is 1. The number of ether oxygens (including phenoxy) is 3. The Morgan fingerprint density at radius 2 is 2.17 bits per heavy atom. The zero-order chi connectivity index (χ0) is 22.4. The molecule has 0 radical (unpaired) electrons. The Labute approximate surface area is 183 Å². The van der Waals surface area contributed by atoms with Gasteiger partial charge >= 0.3 is 5.97 Å². The number of hydrogen-bond acceptors (Lipinski definition) is 8. The smallest absolute Gasteiger partial charge is 0.338 e. The molecular formula is C22H33NO6S. The Morgan fingerprint density at radius 3 is 2.67 bits per heavy atom. The van der Waals surface area contributed by atoms with Crippen molar-refractivity contribution in [3.8, 4) is 5.75 Å². The van der Waals surface area contributed by atoms with Crippen molar-refractivity contribution in [2.45, 2.75) is 50.5 Å². The summed E-state index contributed by atoms with van der Waals surface area (Å²) in [6, 6.07) is 6.17. The van der Waals surface area contributed by atoms with Crippen LogP contribution < -0.4 is 10.1 Å². The van der Waals surface area contributed by atoms with E-state index in [2.05, 4.69) is 18.8 Å². The Bertz CT molecular complexity index is 654. The molecule has 1 heterocycles. The summed E-state index contributed by atoms with van der Waals surface area (Å²) in [4.78, 5) is 22.8. The Kier molecular flexibility index (Phi) is 12.4. The van der Waals surface area contributed by atoms with Gasteiger partial charge in [-0.3, -0.25) is 4.79 Å². The van der Waals surface area contributed by atoms with E-state index in [0.29, 0.717) is 23.5 Å². The molecule has 1 aromatic rings. The summed E-state index contributed by atoms with van der Waals surface area (Å²) in [7, 11) is 3.24. The fourth-order valence-electron chi connectivity index (χ4n) is 2.92. The number of likely N-dealkylation sites (N-methyl/N-ethyl adjacent to an activating group) is 1. The van der Waals surface area contributed by atoms with Gasteiger partial charge in [0, 0.05) is 18.6 Å². The lowest BCUT2D eigenvalue weighted by Gasteiger charge is -2.41. The SMILES string of the molecule is C=CCCC.CNC(CSC=O)C1(O)C[C@H](OC(=O)c2ccc(OC)cc2)CCO1. The number of esters is 1. The molecule has 1 fully saturated rings. The van der Waals surface area contributed by atoms with Crippen molar-refractivity contribution < 1.29 is 28.9 Å². The number of allylic oxidation sites excluding steroid dienone is 1. The highest BCUT2D eigenvalue weighted by atomic mass is 32.2. The summed E-state index contributed by atoms with van der Waals surface area (Å²) in [5, 5.41) is 13.7. The van der Waals surface area contributed by atoms with Crippen LogP contribution in [0.15, 0.2) is 36.9 Å². The van der Waals surface area contributed by atoms with E-state index in [1.54, 1.807) is 38.4 Å². The summed E-state index contributed by atoms with van der Waals surface area (Å²) in [5.41, 5.74) is 1.13. The van der Waals surface area contributed by atoms with Crippen LogP contribution in [0.25, 0.3) is 0 Å². The van der Waals surface area contributed by atoms with Gasteiger partial charge in [0.05, 0.1) is 25.3 Å². The van der Waals surface area contributed by atoms with Gasteiger partial charge in [0.1, 0.15) is 11.9 Å². The number of carbonyl (C=O) groups is 2. The molecule has 168 valence electrons. The van der Waals surface area contributed by atoms with E-state index in [1.165, 1.54) is 6.42 Å². The minimum Gasteiger partial charge on any atom is -0.497 e. The molecule has 7 nitrogen and oxygen atoms in total. The highest BCUT2D eigenvalue weighted by molar-refractivity contribution is 8.11. The third-order valence-corrected chi connectivity index (χ3v) is 5.29. The molecule has 1 aliphatic heterocycles. The van der Waals surface area contributed by atoms with Crippen molar-refractivity contribution in [1.29, 1.82) is 0 Å². The lowest BCUT2D eigenvalue weighted by Crippen LogP contribution is -2.57. The van der Waals surface area contributed by atoms with E-state index in [4.69, 9.17) is 14.2 Å². The average Bonchev–Trinajstić information content (AvgIpc) is 2.75. The second-order valence-electron chi connectivity index (χ2n) is 6.79. The monoisotopic (exact) mass is 439 g/mol. The maximum Gasteiger partial charge on any atom is 0.338 e. The van der Waals surface area contributed by atoms with Gasteiger partial charge in [0.2, 0.25) is 0 Å². The van der Waals surface area contributed by atoms with E-state index < -0.39 is 23.9 Å². The lowest BCUT2D eigenvalue weighted by molar-refractivity contribution is -0.255. The molecule has 0 spiro atoms. The van der Waals surface area contributed by atoms with Crippen molar-refractivity contribution in [2.24, 2.45) is 0 Å². The van der Waals surface area contributed by atoms with E-state index >= 15 is 0 Å². The number of rotatable bonds is 10. The maximum atomic E-state index is 12.3. The van der Waals surface area contributed by atoms with E-state index in [0.717, 1.165) is 23.8 Å². The highest BCUT2D eigenvalue weighted by Crippen LogP contribution is 2.29. The highest BCUT2D eigenvalue weighted by Gasteiger charge is 2.43. The number of methoxy groups -OCH3 is 1. The number of aliphatic hydroxyl groups is 1. The van der Waals surface area contributed by atoms with Crippen molar-refractivity contribution >= 4 is 23.3 Å². The summed E-state index contributed by atoms with van der Waals surface area (Å²) >= 11 is 1.05. The summed E-state index contributed by atoms with van der Waals surface area (Å²) in [6.45, 7) is 5.96. The normalized spacial score (nSPS) is 21.5. The quantitative estimate of drug-likeness (QED) is 0.326. The molecule has 0 amide bonds. The van der Waals surface area contributed by atoms with Crippen LogP contribution in [0.1, 0.15) is 43.0 Å². The van der Waals surface area contributed by atoms with Crippen LogP contribution in [-0.2, 0) is 14.3 Å². The van der Waals surface area contributed by atoms with E-state index in [-0.39, 0.29) is 13.0 Å². The predicted octanol–water partition coefficient (Wildman–Crippen LogP) is 3.20. The van der Waals surface area contributed by atoms with Crippen LogP contribution in [0, 0.1) is 0 Å². The molecule has 1 saturated heterocycles. The summed E-state index contributed by atoms with van der Waals surface area (Å²) in [6.07, 6.45) is 4.48. The average molecular weight is 440 g/mol. The Hall–Kier alpha value is -1.87. The molecule has 2 N–H and O–H groups in total. The molecule has 1 aliphatic rings. The number of hydrogen-bond donors (Lipinski definition) is 2. The summed E-state index contributed by atoms with van der Waals surface area (Å²) < 4.78 is 16.1. The number of benzene rings is 1. The standard InChI is InChI=1S/C17H23NO6S.C5H10/c1-18-15(10-25-11-19)17(21)9-14(7-8-23-17)24-16(20)12-3-5-13(22-2)6-4-12;1-3-5-4-2/h3-6,11,14-15,18,21H,7-10H2,1-2H3;3H,1,4-5H2,2H3/t14-,15?,17?;/m1./s1. The summed E-state index contributed by atoms with van der Waals surface area (Å²) in [5.74, 6) is -0.939. The fraction of sp³-hybridized carbons (Fsp3) is 0.545. The van der Waals surface area contributed by atoms with Gasteiger partial charge in [0.15, 0.2) is 11.4 Å². The van der Waals surface area contributed by atoms with Crippen LogP contribution in [0.4, 0.5) is 0 Å². The van der Waals surface area contributed by atoms with Gasteiger partial charge < -0.3 is 24.6 Å². The Morgan fingerprint density at radius 1 is 1.47 bits per heavy atom. The molecule has 0 bridgehead atoms. The van der Waals surface area contributed by atoms with Crippen LogP contribution in [0.2, 0.25) is 0 Å². The van der Waals surface area contributed by atoms with Gasteiger partial charge in [-0.25, -0.2) is 4.79 Å². The molecule has 1 aromatic carbocycles. The maximum absolute atomic E-state index is 12.3.